The average molecular weight is 1050 g/mol. The van der Waals surface area contributed by atoms with Gasteiger partial charge in [0, 0.05) is 6.42 Å². The minimum atomic E-state index is -1.64. The van der Waals surface area contributed by atoms with Crippen LogP contribution in [0.3, 0.4) is 0 Å². The summed E-state index contributed by atoms with van der Waals surface area (Å²) >= 11 is 0. The highest BCUT2D eigenvalue weighted by molar-refractivity contribution is 5.80. The molecule has 1 amide bonds. The third kappa shape index (κ3) is 39.1. The van der Waals surface area contributed by atoms with Gasteiger partial charge in [0.05, 0.1) is 25.4 Å². The minimum absolute atomic E-state index is 0.0694. The molecule has 1 saturated heterocycles. The normalized spacial score (nSPS) is 20.1. The van der Waals surface area contributed by atoms with E-state index >= 15 is 0 Å². The van der Waals surface area contributed by atoms with E-state index in [4.69, 9.17) is 14.2 Å². The van der Waals surface area contributed by atoms with Crippen LogP contribution in [0.1, 0.15) is 207 Å². The van der Waals surface area contributed by atoms with Gasteiger partial charge < -0.3 is 45.1 Å². The molecule has 0 aromatic carbocycles. The highest BCUT2D eigenvalue weighted by Crippen LogP contribution is 2.26. The van der Waals surface area contributed by atoms with Crippen LogP contribution in [0.15, 0.2) is 122 Å². The van der Waals surface area contributed by atoms with Crippen molar-refractivity contribution in [2.45, 2.75) is 256 Å². The first-order valence-corrected chi connectivity index (χ1v) is 29.4. The molecule has 11 nitrogen and oxygen atoms in total. The van der Waals surface area contributed by atoms with E-state index in [0.717, 1.165) is 122 Å². The number of hydrogen-bond acceptors (Lipinski definition) is 10. The number of carbonyl (C=O) groups excluding carboxylic acids is 2. The van der Waals surface area contributed by atoms with Crippen molar-refractivity contribution in [3.05, 3.63) is 122 Å². The number of ether oxygens (including phenoxy) is 3. The Morgan fingerprint density at radius 2 is 1.03 bits per heavy atom. The lowest BCUT2D eigenvalue weighted by molar-refractivity contribution is -0.305. The summed E-state index contributed by atoms with van der Waals surface area (Å²) < 4.78 is 17.5. The van der Waals surface area contributed by atoms with Crippen molar-refractivity contribution < 1.29 is 49.3 Å². The van der Waals surface area contributed by atoms with Crippen LogP contribution in [-0.4, -0.2) is 99.6 Å². The van der Waals surface area contributed by atoms with Gasteiger partial charge in [-0.3, -0.25) is 9.59 Å². The van der Waals surface area contributed by atoms with Crippen LogP contribution in [0.5, 0.6) is 0 Å². The van der Waals surface area contributed by atoms with E-state index in [-0.39, 0.29) is 19.4 Å². The first-order valence-electron chi connectivity index (χ1n) is 29.4. The van der Waals surface area contributed by atoms with E-state index in [2.05, 4.69) is 99.0 Å². The topological polar surface area (TPSA) is 175 Å². The smallest absolute Gasteiger partial charge is 0.306 e. The number of allylic oxidation sites excluding steroid dienone is 19. The summed E-state index contributed by atoms with van der Waals surface area (Å²) in [5, 5.41) is 56.8. The Labute approximate surface area is 455 Å². The first-order chi connectivity index (χ1) is 36.7. The van der Waals surface area contributed by atoms with Gasteiger partial charge >= 0.3 is 5.97 Å². The van der Waals surface area contributed by atoms with Gasteiger partial charge in [-0.05, 0) is 89.9 Å². The van der Waals surface area contributed by atoms with Gasteiger partial charge in [0.1, 0.15) is 24.4 Å². The number of hydrogen-bond donors (Lipinski definition) is 6. The van der Waals surface area contributed by atoms with Crippen molar-refractivity contribution >= 4 is 11.9 Å². The third-order valence-electron chi connectivity index (χ3n) is 13.0. The van der Waals surface area contributed by atoms with Gasteiger partial charge in [0.15, 0.2) is 12.4 Å². The molecule has 1 rings (SSSR count). The van der Waals surface area contributed by atoms with Crippen molar-refractivity contribution in [1.29, 1.82) is 0 Å². The fourth-order valence-corrected chi connectivity index (χ4v) is 8.33. The zero-order valence-corrected chi connectivity index (χ0v) is 46.9. The maximum atomic E-state index is 13.4. The van der Waals surface area contributed by atoms with Crippen LogP contribution >= 0.6 is 0 Å². The number of aliphatic hydroxyl groups is 5. The number of nitrogens with one attached hydrogen (secondary N) is 1. The molecule has 0 radical (unpaired) electrons. The molecular formula is C64H105NO10. The van der Waals surface area contributed by atoms with Crippen LogP contribution < -0.4 is 5.32 Å². The molecule has 8 unspecified atom stereocenters. The molecule has 0 aliphatic carbocycles. The molecule has 0 aromatic rings. The fraction of sp³-hybridized carbons (Fsp3) is 0.656. The number of esters is 1. The molecular weight excluding hydrogens is 943 g/mol. The van der Waals surface area contributed by atoms with E-state index in [1.807, 2.05) is 42.5 Å². The van der Waals surface area contributed by atoms with Crippen LogP contribution in [0.25, 0.3) is 0 Å². The Morgan fingerprint density at radius 1 is 0.547 bits per heavy atom. The van der Waals surface area contributed by atoms with Gasteiger partial charge in [-0.15, -0.1) is 0 Å². The molecule has 1 heterocycles. The Kier molecular flexibility index (Phi) is 46.8. The standard InChI is InChI=1S/C64H105NO10/c1-4-7-10-13-16-19-22-24-25-26-27-28-29-30-31-32-34-36-39-42-45-48-51-57(68)63(72)65-55(56(67)50-47-44-41-38-35-21-18-15-12-9-6-3)54-73-64-62(61(71)60(70)58(53-66)74-64)75-59(69)52-49-46-43-40-37-33-23-20-17-14-11-8-5-2/h7-8,10-11,14,16-17,19-20,23-25,27-28,30-31,33,37,47,50,55-58,60-62,64,66-68,70-71H,4-6,9,12-13,15,18,21-22,26,29,32,34-36,38-46,48-49,51-54H2,1-3H3,(H,65,72)/b10-7-,11-8+,17-14+,19-16-,23-20-,25-24-,28-27-,31-30-,37-33-,50-47+. The van der Waals surface area contributed by atoms with E-state index in [0.29, 0.717) is 12.8 Å². The van der Waals surface area contributed by atoms with Crippen LogP contribution in [-0.2, 0) is 23.8 Å². The zero-order chi connectivity index (χ0) is 54.7. The molecule has 0 spiro atoms. The zero-order valence-electron chi connectivity index (χ0n) is 46.9. The van der Waals surface area contributed by atoms with Gasteiger partial charge in [-0.25, -0.2) is 0 Å². The second kappa shape index (κ2) is 50.9. The second-order valence-corrected chi connectivity index (χ2v) is 19.7. The van der Waals surface area contributed by atoms with Crippen molar-refractivity contribution in [3.8, 4) is 0 Å². The highest BCUT2D eigenvalue weighted by Gasteiger charge is 2.47. The Hall–Kier alpha value is -3.94. The summed E-state index contributed by atoms with van der Waals surface area (Å²) in [5.41, 5.74) is 0. The van der Waals surface area contributed by atoms with Crippen molar-refractivity contribution in [1.82, 2.24) is 5.32 Å². The molecule has 6 N–H and O–H groups in total. The van der Waals surface area contributed by atoms with E-state index in [9.17, 15) is 35.1 Å². The maximum absolute atomic E-state index is 13.4. The molecule has 0 saturated carbocycles. The molecule has 1 aliphatic rings. The maximum Gasteiger partial charge on any atom is 0.306 e. The lowest BCUT2D eigenvalue weighted by Gasteiger charge is -2.41. The summed E-state index contributed by atoms with van der Waals surface area (Å²) in [6.07, 6.45) is 59.6. The number of aliphatic hydroxyl groups excluding tert-OH is 5. The molecule has 0 aromatic heterocycles. The Bertz CT molecular complexity index is 1680. The predicted octanol–water partition coefficient (Wildman–Crippen LogP) is 13.5. The molecule has 75 heavy (non-hydrogen) atoms. The molecule has 11 heteroatoms. The number of rotatable bonds is 47. The minimum Gasteiger partial charge on any atom is -0.454 e. The summed E-state index contributed by atoms with van der Waals surface area (Å²) in [4.78, 5) is 26.4. The van der Waals surface area contributed by atoms with Gasteiger partial charge in [0.2, 0.25) is 5.91 Å². The number of unbranched alkanes of at least 4 members (excludes halogenated alkanes) is 18. The summed E-state index contributed by atoms with van der Waals surface area (Å²) in [6.45, 7) is 5.47. The SMILES string of the molecule is CC/C=C\C/C=C\C/C=C\C/C=C\C/C=C\CCCCCCCCC(O)C(=O)NC(COC1OC(CO)C(O)C(O)C1OC(=O)CCCCC\C=C/C=C\C=C\C=C\CC)C(O)/C=C/CCCCCCCCCCC. The van der Waals surface area contributed by atoms with Crippen molar-refractivity contribution in [3.63, 3.8) is 0 Å². The van der Waals surface area contributed by atoms with Crippen molar-refractivity contribution in [2.75, 3.05) is 13.2 Å². The quantitative estimate of drug-likeness (QED) is 0.0149. The molecule has 1 fully saturated rings. The second-order valence-electron chi connectivity index (χ2n) is 19.7. The predicted molar refractivity (Wildman–Crippen MR) is 310 cm³/mol. The number of carbonyl (C=O) groups is 2. The van der Waals surface area contributed by atoms with Gasteiger partial charge in [0.25, 0.3) is 0 Å². The average Bonchev–Trinajstić information content (AvgIpc) is 3.41. The first kappa shape index (κ1) is 69.1. The molecule has 1 aliphatic heterocycles. The third-order valence-corrected chi connectivity index (χ3v) is 13.0. The molecule has 8 atom stereocenters. The Morgan fingerprint density at radius 3 is 1.60 bits per heavy atom. The molecule has 426 valence electrons. The Balaban J connectivity index is 2.71. The monoisotopic (exact) mass is 1050 g/mol. The summed E-state index contributed by atoms with van der Waals surface area (Å²) in [6, 6.07) is -1.05. The summed E-state index contributed by atoms with van der Waals surface area (Å²) in [5.74, 6) is -1.26. The largest absolute Gasteiger partial charge is 0.454 e. The highest BCUT2D eigenvalue weighted by atomic mass is 16.7. The van der Waals surface area contributed by atoms with Crippen LogP contribution in [0.4, 0.5) is 0 Å². The summed E-state index contributed by atoms with van der Waals surface area (Å²) in [7, 11) is 0. The molecule has 0 bridgehead atoms. The van der Waals surface area contributed by atoms with Gasteiger partial charge in [-0.1, -0.05) is 232 Å². The van der Waals surface area contributed by atoms with E-state index < -0.39 is 67.4 Å². The van der Waals surface area contributed by atoms with Crippen LogP contribution in [0, 0.1) is 0 Å². The lowest BCUT2D eigenvalue weighted by Crippen LogP contribution is -2.61. The lowest BCUT2D eigenvalue weighted by atomic mass is 9.99. The van der Waals surface area contributed by atoms with E-state index in [1.165, 1.54) is 38.5 Å². The van der Waals surface area contributed by atoms with Crippen molar-refractivity contribution in [2.24, 2.45) is 0 Å². The fourth-order valence-electron chi connectivity index (χ4n) is 8.33. The number of amides is 1. The van der Waals surface area contributed by atoms with E-state index in [1.54, 1.807) is 6.08 Å². The van der Waals surface area contributed by atoms with Gasteiger partial charge in [-0.2, -0.15) is 0 Å². The van der Waals surface area contributed by atoms with Crippen LogP contribution in [0.2, 0.25) is 0 Å².